The summed E-state index contributed by atoms with van der Waals surface area (Å²) in [6, 6.07) is 12.4. The zero-order valence-electron chi connectivity index (χ0n) is 15.9. The van der Waals surface area contributed by atoms with E-state index in [9.17, 15) is 18.0 Å². The number of carbonyl (C=O) groups excluding carboxylic acids is 1. The molecule has 0 fully saturated rings. The molecule has 4 rings (SSSR count). The van der Waals surface area contributed by atoms with Gasteiger partial charge in [-0.25, -0.2) is 20.2 Å². The minimum absolute atomic E-state index is 0.162. The van der Waals surface area contributed by atoms with Crippen molar-refractivity contribution in [3.05, 3.63) is 70.8 Å². The smallest absolute Gasteiger partial charge is 0.416 e. The number of halogens is 4. The Labute approximate surface area is 191 Å². The summed E-state index contributed by atoms with van der Waals surface area (Å²) in [5.74, 6) is 0.366. The highest BCUT2D eigenvalue weighted by Gasteiger charge is 2.30. The van der Waals surface area contributed by atoms with Gasteiger partial charge in [-0.05, 0) is 48.5 Å². The Bertz CT molecular complexity index is 1250. The molecule has 0 spiro atoms. The number of pyridine rings is 1. The maximum Gasteiger partial charge on any atom is 0.416 e. The van der Waals surface area contributed by atoms with E-state index >= 15 is 0 Å². The molecule has 3 N–H and O–H groups in total. The third-order valence-electron chi connectivity index (χ3n) is 4.03. The van der Waals surface area contributed by atoms with E-state index in [-0.39, 0.29) is 11.6 Å². The summed E-state index contributed by atoms with van der Waals surface area (Å²) in [6.07, 6.45) is -3.06. The van der Waals surface area contributed by atoms with Gasteiger partial charge < -0.3 is 10.1 Å². The Balaban J connectivity index is 1.30. The molecule has 12 heteroatoms. The molecule has 32 heavy (non-hydrogen) atoms. The van der Waals surface area contributed by atoms with Gasteiger partial charge in [0.1, 0.15) is 5.75 Å². The molecular weight excluding hydrogens is 511 g/mol. The van der Waals surface area contributed by atoms with E-state index in [1.54, 1.807) is 6.07 Å². The van der Waals surface area contributed by atoms with Crippen molar-refractivity contribution in [2.45, 2.75) is 6.18 Å². The van der Waals surface area contributed by atoms with E-state index in [1.165, 1.54) is 35.7 Å². The second-order valence-corrected chi connectivity index (χ2v) is 8.29. The fourth-order valence-electron chi connectivity index (χ4n) is 2.57. The second kappa shape index (κ2) is 9.01. The van der Waals surface area contributed by atoms with Gasteiger partial charge in [-0.3, -0.25) is 5.43 Å². The van der Waals surface area contributed by atoms with E-state index in [1.807, 2.05) is 18.2 Å². The van der Waals surface area contributed by atoms with Crippen molar-refractivity contribution in [2.75, 3.05) is 10.7 Å². The van der Waals surface area contributed by atoms with E-state index < -0.39 is 17.8 Å². The first-order valence-electron chi connectivity index (χ1n) is 8.96. The largest absolute Gasteiger partial charge is 0.439 e. The highest BCUT2D eigenvalue weighted by atomic mass is 79.9. The van der Waals surface area contributed by atoms with Crippen LogP contribution in [-0.4, -0.2) is 16.0 Å². The number of nitrogens with one attached hydrogen (secondary N) is 3. The van der Waals surface area contributed by atoms with Crippen LogP contribution in [0.3, 0.4) is 0 Å². The molecule has 4 aromatic rings. The normalized spacial score (nSPS) is 11.2. The van der Waals surface area contributed by atoms with Crippen LogP contribution in [0, 0.1) is 0 Å². The number of carbonyl (C=O) groups is 1. The highest BCUT2D eigenvalue weighted by Crippen LogP contribution is 2.31. The first-order valence-corrected chi connectivity index (χ1v) is 10.6. The van der Waals surface area contributed by atoms with Crippen molar-refractivity contribution in [1.29, 1.82) is 0 Å². The van der Waals surface area contributed by atoms with Crippen LogP contribution in [0.25, 0.3) is 10.2 Å². The number of hydrogen-bond donors (Lipinski definition) is 3. The van der Waals surface area contributed by atoms with Crippen molar-refractivity contribution < 1.29 is 22.7 Å². The average molecular weight is 524 g/mol. The molecule has 0 atom stereocenters. The molecule has 0 radical (unpaired) electrons. The van der Waals surface area contributed by atoms with Gasteiger partial charge in [0.05, 0.1) is 27.7 Å². The number of rotatable bonds is 5. The SMILES string of the molecule is O=C(NNc1nc2ccc(Br)cc2s1)Nc1ccc(Oc2ccc(C(F)(F)F)cc2)nc1. The van der Waals surface area contributed by atoms with Crippen LogP contribution < -0.4 is 20.9 Å². The Hall–Kier alpha value is -3.38. The Morgan fingerprint density at radius 1 is 1.06 bits per heavy atom. The number of ether oxygens (including phenoxy) is 1. The number of amides is 2. The fourth-order valence-corrected chi connectivity index (χ4v) is 3.94. The Kier molecular flexibility index (Phi) is 6.15. The predicted octanol–water partition coefficient (Wildman–Crippen LogP) is 6.41. The minimum atomic E-state index is -4.41. The number of aromatic nitrogens is 2. The summed E-state index contributed by atoms with van der Waals surface area (Å²) >= 11 is 4.78. The molecule has 2 amide bonds. The molecule has 2 aromatic heterocycles. The molecule has 0 saturated carbocycles. The van der Waals surface area contributed by atoms with Gasteiger partial charge in [0, 0.05) is 10.5 Å². The number of hydrazine groups is 1. The Morgan fingerprint density at radius 3 is 2.53 bits per heavy atom. The lowest BCUT2D eigenvalue weighted by molar-refractivity contribution is -0.137. The van der Waals surface area contributed by atoms with Gasteiger partial charge in [0.25, 0.3) is 0 Å². The molecule has 0 bridgehead atoms. The van der Waals surface area contributed by atoms with Crippen LogP contribution in [0.5, 0.6) is 11.6 Å². The monoisotopic (exact) mass is 523 g/mol. The van der Waals surface area contributed by atoms with Crippen LogP contribution in [0.4, 0.5) is 28.8 Å². The van der Waals surface area contributed by atoms with Crippen LogP contribution in [0.15, 0.2) is 65.3 Å². The molecule has 7 nitrogen and oxygen atoms in total. The maximum absolute atomic E-state index is 12.6. The molecule has 0 aliphatic heterocycles. The number of urea groups is 1. The second-order valence-electron chi connectivity index (χ2n) is 6.34. The van der Waals surface area contributed by atoms with Crippen molar-refractivity contribution in [3.63, 3.8) is 0 Å². The number of nitrogens with zero attached hydrogens (tertiary/aromatic N) is 2. The highest BCUT2D eigenvalue weighted by molar-refractivity contribution is 9.10. The standard InChI is InChI=1S/C20H13BrF3N5O2S/c21-12-3-7-15-16(9-12)32-19(27-15)29-28-18(30)26-13-4-8-17(25-10-13)31-14-5-1-11(2-6-14)20(22,23)24/h1-10H,(H,27,29)(H2,26,28,30). The van der Waals surface area contributed by atoms with E-state index in [4.69, 9.17) is 4.74 Å². The maximum atomic E-state index is 12.6. The lowest BCUT2D eigenvalue weighted by atomic mass is 10.2. The molecule has 164 valence electrons. The summed E-state index contributed by atoms with van der Waals surface area (Å²) < 4.78 is 45.1. The number of benzene rings is 2. The number of anilines is 2. The first-order chi connectivity index (χ1) is 15.3. The van der Waals surface area contributed by atoms with Gasteiger partial charge in [0.2, 0.25) is 11.0 Å². The number of hydrogen-bond acceptors (Lipinski definition) is 6. The molecule has 2 aromatic carbocycles. The lowest BCUT2D eigenvalue weighted by Gasteiger charge is -2.10. The fraction of sp³-hybridized carbons (Fsp3) is 0.0500. The summed E-state index contributed by atoms with van der Waals surface area (Å²) in [5, 5.41) is 3.10. The summed E-state index contributed by atoms with van der Waals surface area (Å²) in [4.78, 5) is 20.5. The summed E-state index contributed by atoms with van der Waals surface area (Å²) in [6.45, 7) is 0. The van der Waals surface area contributed by atoms with E-state index in [0.717, 1.165) is 26.8 Å². The first kappa shape index (κ1) is 21.8. The summed E-state index contributed by atoms with van der Waals surface area (Å²) in [5.41, 5.74) is 5.64. The quantitative estimate of drug-likeness (QED) is 0.263. The Morgan fingerprint density at radius 2 is 1.84 bits per heavy atom. The van der Waals surface area contributed by atoms with Crippen LogP contribution >= 0.6 is 27.3 Å². The molecule has 0 unspecified atom stereocenters. The summed E-state index contributed by atoms with van der Waals surface area (Å²) in [7, 11) is 0. The van der Waals surface area contributed by atoms with Crippen LogP contribution in [-0.2, 0) is 6.18 Å². The molecule has 0 saturated heterocycles. The lowest BCUT2D eigenvalue weighted by Crippen LogP contribution is -2.33. The van der Waals surface area contributed by atoms with Gasteiger partial charge in [-0.2, -0.15) is 13.2 Å². The van der Waals surface area contributed by atoms with Crippen molar-refractivity contribution in [3.8, 4) is 11.6 Å². The third-order valence-corrected chi connectivity index (χ3v) is 5.46. The number of thiazole rings is 1. The molecule has 0 aliphatic carbocycles. The zero-order valence-corrected chi connectivity index (χ0v) is 18.3. The predicted molar refractivity (Wildman–Crippen MR) is 119 cm³/mol. The molecular formula is C20H13BrF3N5O2S. The third kappa shape index (κ3) is 5.45. The van der Waals surface area contributed by atoms with E-state index in [0.29, 0.717) is 10.8 Å². The zero-order chi connectivity index (χ0) is 22.7. The number of fused-ring (bicyclic) bond motifs is 1. The van der Waals surface area contributed by atoms with Crippen molar-refractivity contribution in [1.82, 2.24) is 15.4 Å². The number of alkyl halides is 3. The van der Waals surface area contributed by atoms with E-state index in [2.05, 4.69) is 42.1 Å². The van der Waals surface area contributed by atoms with Crippen LogP contribution in [0.2, 0.25) is 0 Å². The van der Waals surface area contributed by atoms with Crippen molar-refractivity contribution in [2.24, 2.45) is 0 Å². The van der Waals surface area contributed by atoms with Gasteiger partial charge >= 0.3 is 12.2 Å². The molecule has 2 heterocycles. The molecule has 0 aliphatic rings. The van der Waals surface area contributed by atoms with Gasteiger partial charge in [-0.1, -0.05) is 27.3 Å². The van der Waals surface area contributed by atoms with Crippen molar-refractivity contribution >= 4 is 54.3 Å². The average Bonchev–Trinajstić information content (AvgIpc) is 3.15. The van der Waals surface area contributed by atoms with Crippen LogP contribution in [0.1, 0.15) is 5.56 Å². The minimum Gasteiger partial charge on any atom is -0.439 e. The topological polar surface area (TPSA) is 88.2 Å². The van der Waals surface area contributed by atoms with Gasteiger partial charge in [-0.15, -0.1) is 0 Å². The van der Waals surface area contributed by atoms with Gasteiger partial charge in [0.15, 0.2) is 0 Å².